The number of aromatic amines is 2. The van der Waals surface area contributed by atoms with Crippen LogP contribution >= 0.6 is 11.6 Å². The van der Waals surface area contributed by atoms with Gasteiger partial charge in [-0.3, -0.25) is 14.7 Å². The maximum absolute atomic E-state index is 13.9. The Balaban J connectivity index is 1.67. The van der Waals surface area contributed by atoms with Crippen molar-refractivity contribution in [3.8, 4) is 0 Å². The summed E-state index contributed by atoms with van der Waals surface area (Å²) in [6, 6.07) is 16.7. The van der Waals surface area contributed by atoms with Gasteiger partial charge < -0.3 is 4.98 Å². The van der Waals surface area contributed by atoms with Crippen molar-refractivity contribution >= 4 is 28.3 Å². The van der Waals surface area contributed by atoms with Crippen molar-refractivity contribution in [1.29, 1.82) is 0 Å². The zero-order valence-electron chi connectivity index (χ0n) is 18.0. The molecular weight excluding hydrogens is 422 g/mol. The Morgan fingerprint density at radius 2 is 1.78 bits per heavy atom. The van der Waals surface area contributed by atoms with Crippen LogP contribution in [0, 0.1) is 6.92 Å². The lowest BCUT2D eigenvalue weighted by Gasteiger charge is -2.22. The summed E-state index contributed by atoms with van der Waals surface area (Å²) in [4.78, 5) is 30.2. The van der Waals surface area contributed by atoms with E-state index in [2.05, 4.69) is 10.1 Å². The molecule has 1 aliphatic rings. The molecule has 164 valence electrons. The highest BCUT2D eigenvalue weighted by Crippen LogP contribution is 2.36. The second-order valence-corrected chi connectivity index (χ2v) is 9.16. The topological polar surface area (TPSA) is 70.7 Å². The molecule has 2 N–H and O–H groups in total. The molecule has 0 bridgehead atoms. The normalized spacial score (nSPS) is 15.8. The van der Waals surface area contributed by atoms with E-state index in [9.17, 15) is 9.59 Å². The van der Waals surface area contributed by atoms with Gasteiger partial charge in [-0.1, -0.05) is 49.1 Å². The standard InChI is InChI=1S/C26H26ClN3O2/c1-16-24(20-9-5-6-10-21(20)28-16)25(26(32)17-11-13-18(27)14-12-17)22-15-23(31)30(29-22)19-7-3-2-4-8-19/h5-6,9-15,19,25,28-29H,2-4,7-8H2,1H3. The smallest absolute Gasteiger partial charge is 0.267 e. The Hall–Kier alpha value is -3.05. The van der Waals surface area contributed by atoms with Crippen molar-refractivity contribution in [3.05, 3.63) is 92.5 Å². The van der Waals surface area contributed by atoms with Gasteiger partial charge in [-0.2, -0.15) is 0 Å². The maximum atomic E-state index is 13.9. The minimum Gasteiger partial charge on any atom is -0.358 e. The minimum atomic E-state index is -0.620. The highest BCUT2D eigenvalue weighted by molar-refractivity contribution is 6.30. The highest BCUT2D eigenvalue weighted by Gasteiger charge is 2.31. The van der Waals surface area contributed by atoms with Crippen LogP contribution in [0.25, 0.3) is 10.9 Å². The third kappa shape index (κ3) is 3.71. The number of hydrogen-bond donors (Lipinski definition) is 2. The van der Waals surface area contributed by atoms with Crippen LogP contribution in [0.4, 0.5) is 0 Å². The van der Waals surface area contributed by atoms with Gasteiger partial charge in [0.1, 0.15) is 0 Å². The number of para-hydroxylation sites is 1. The molecule has 0 radical (unpaired) electrons. The number of carbonyl (C=O) groups is 1. The number of H-pyrrole nitrogens is 2. The van der Waals surface area contributed by atoms with Gasteiger partial charge in [0, 0.05) is 33.2 Å². The Morgan fingerprint density at radius 1 is 1.06 bits per heavy atom. The monoisotopic (exact) mass is 447 g/mol. The molecule has 2 heterocycles. The second kappa shape index (κ2) is 8.47. The van der Waals surface area contributed by atoms with Crippen molar-refractivity contribution in [2.75, 3.05) is 0 Å². The number of nitrogens with zero attached hydrogens (tertiary/aromatic N) is 1. The van der Waals surface area contributed by atoms with E-state index in [1.807, 2.05) is 31.2 Å². The summed E-state index contributed by atoms with van der Waals surface area (Å²) < 4.78 is 1.74. The number of carbonyl (C=O) groups excluding carboxylic acids is 1. The number of benzene rings is 2. The van der Waals surface area contributed by atoms with E-state index >= 15 is 0 Å². The van der Waals surface area contributed by atoms with Gasteiger partial charge >= 0.3 is 0 Å². The van der Waals surface area contributed by atoms with E-state index in [-0.39, 0.29) is 17.4 Å². The van der Waals surface area contributed by atoms with Crippen LogP contribution in [0.1, 0.15) is 71.4 Å². The van der Waals surface area contributed by atoms with Crippen LogP contribution in [0.5, 0.6) is 0 Å². The number of halogens is 1. The summed E-state index contributed by atoms with van der Waals surface area (Å²) in [6.45, 7) is 1.98. The van der Waals surface area contributed by atoms with Gasteiger partial charge in [0.2, 0.25) is 0 Å². The zero-order chi connectivity index (χ0) is 22.2. The molecule has 0 saturated heterocycles. The van der Waals surface area contributed by atoms with Crippen LogP contribution in [0.2, 0.25) is 5.02 Å². The summed E-state index contributed by atoms with van der Waals surface area (Å²) in [5.74, 6) is -0.684. The number of fused-ring (bicyclic) bond motifs is 1. The lowest BCUT2D eigenvalue weighted by atomic mass is 9.86. The number of ketones is 1. The Kier molecular flexibility index (Phi) is 5.51. The van der Waals surface area contributed by atoms with Crippen molar-refractivity contribution in [2.24, 2.45) is 0 Å². The van der Waals surface area contributed by atoms with Gasteiger partial charge in [-0.25, -0.2) is 4.68 Å². The molecule has 0 aliphatic heterocycles. The quantitative estimate of drug-likeness (QED) is 0.361. The zero-order valence-corrected chi connectivity index (χ0v) is 18.8. The fraction of sp³-hybridized carbons (Fsp3) is 0.308. The maximum Gasteiger partial charge on any atom is 0.267 e. The van der Waals surface area contributed by atoms with E-state index < -0.39 is 5.92 Å². The Labute approximate surface area is 191 Å². The second-order valence-electron chi connectivity index (χ2n) is 8.72. The third-order valence-electron chi connectivity index (χ3n) is 6.64. The predicted molar refractivity (Wildman–Crippen MR) is 128 cm³/mol. The average molecular weight is 448 g/mol. The number of Topliss-reactive ketones (excluding diaryl/α,β-unsaturated/α-hetero) is 1. The van der Waals surface area contributed by atoms with Crippen LogP contribution in [0.15, 0.2) is 59.4 Å². The number of nitrogens with one attached hydrogen (secondary N) is 2. The lowest BCUT2D eigenvalue weighted by molar-refractivity contribution is 0.0972. The first-order valence-electron chi connectivity index (χ1n) is 11.2. The van der Waals surface area contributed by atoms with Crippen molar-refractivity contribution in [1.82, 2.24) is 14.8 Å². The largest absolute Gasteiger partial charge is 0.358 e. The molecule has 1 unspecified atom stereocenters. The molecular formula is C26H26ClN3O2. The van der Waals surface area contributed by atoms with E-state index in [0.29, 0.717) is 16.3 Å². The molecule has 4 aromatic rings. The fourth-order valence-electron chi connectivity index (χ4n) is 5.07. The molecule has 1 fully saturated rings. The molecule has 1 saturated carbocycles. The molecule has 6 heteroatoms. The molecule has 0 amide bonds. The van der Waals surface area contributed by atoms with Crippen LogP contribution in [-0.2, 0) is 0 Å². The molecule has 32 heavy (non-hydrogen) atoms. The van der Waals surface area contributed by atoms with Crippen LogP contribution in [0.3, 0.4) is 0 Å². The van der Waals surface area contributed by atoms with E-state index in [1.54, 1.807) is 35.0 Å². The first-order valence-corrected chi connectivity index (χ1v) is 11.6. The average Bonchev–Trinajstić information content (AvgIpc) is 3.35. The summed E-state index contributed by atoms with van der Waals surface area (Å²) in [7, 11) is 0. The molecule has 0 spiro atoms. The van der Waals surface area contributed by atoms with Gasteiger partial charge in [0.05, 0.1) is 17.7 Å². The summed E-state index contributed by atoms with van der Waals surface area (Å²) in [6.07, 6.45) is 5.44. The van der Waals surface area contributed by atoms with Crippen LogP contribution in [-0.4, -0.2) is 20.5 Å². The van der Waals surface area contributed by atoms with E-state index in [4.69, 9.17) is 11.6 Å². The van der Waals surface area contributed by atoms with E-state index in [0.717, 1.165) is 47.8 Å². The summed E-state index contributed by atoms with van der Waals surface area (Å²) >= 11 is 6.06. The fourth-order valence-corrected chi connectivity index (χ4v) is 5.19. The Bertz CT molecular complexity index is 1320. The number of aromatic nitrogens is 3. The third-order valence-corrected chi connectivity index (χ3v) is 6.89. The molecule has 1 aliphatic carbocycles. The minimum absolute atomic E-state index is 0.0634. The SMILES string of the molecule is Cc1[nH]c2ccccc2c1C(C(=O)c1ccc(Cl)cc1)c1cc(=O)n(C2CCCCC2)[nH]1. The van der Waals surface area contributed by atoms with Crippen LogP contribution < -0.4 is 5.56 Å². The molecule has 2 aromatic heterocycles. The number of aryl methyl sites for hydroxylation is 1. The van der Waals surface area contributed by atoms with Gasteiger partial charge in [-0.15, -0.1) is 0 Å². The predicted octanol–water partition coefficient (Wildman–Crippen LogP) is 6.14. The van der Waals surface area contributed by atoms with Crippen molar-refractivity contribution in [2.45, 2.75) is 51.0 Å². The van der Waals surface area contributed by atoms with E-state index in [1.165, 1.54) is 6.42 Å². The molecule has 5 rings (SSSR count). The first-order chi connectivity index (χ1) is 15.5. The Morgan fingerprint density at radius 3 is 2.53 bits per heavy atom. The molecule has 5 nitrogen and oxygen atoms in total. The summed E-state index contributed by atoms with van der Waals surface area (Å²) in [5, 5.41) is 4.91. The lowest BCUT2D eigenvalue weighted by Crippen LogP contribution is -2.24. The molecule has 1 atom stereocenters. The highest BCUT2D eigenvalue weighted by atomic mass is 35.5. The molecule has 2 aromatic carbocycles. The number of rotatable bonds is 5. The van der Waals surface area contributed by atoms with Gasteiger partial charge in [-0.05, 0) is 55.7 Å². The first kappa shape index (κ1) is 20.8. The summed E-state index contributed by atoms with van der Waals surface area (Å²) in [5.41, 5.74) is 3.92. The van der Waals surface area contributed by atoms with Gasteiger partial charge in [0.15, 0.2) is 5.78 Å². The number of hydrogen-bond acceptors (Lipinski definition) is 2. The van der Waals surface area contributed by atoms with Crippen molar-refractivity contribution < 1.29 is 4.79 Å². The van der Waals surface area contributed by atoms with Crippen molar-refractivity contribution in [3.63, 3.8) is 0 Å². The van der Waals surface area contributed by atoms with Gasteiger partial charge in [0.25, 0.3) is 5.56 Å².